The largest absolute Gasteiger partial charge is 0.451 e. The summed E-state index contributed by atoms with van der Waals surface area (Å²) in [6, 6.07) is 10.2. The molecular weight excluding hydrogens is 410 g/mol. The highest BCUT2D eigenvalue weighted by Gasteiger charge is 2.24. The van der Waals surface area contributed by atoms with Crippen molar-refractivity contribution in [2.75, 3.05) is 5.75 Å². The molecule has 0 spiro atoms. The van der Waals surface area contributed by atoms with Crippen LogP contribution in [0.25, 0.3) is 11.3 Å². The molecule has 0 amide bonds. The lowest BCUT2D eigenvalue weighted by Crippen LogP contribution is -2.17. The molecule has 1 atom stereocenters. The van der Waals surface area contributed by atoms with Gasteiger partial charge in [0.15, 0.2) is 5.76 Å². The lowest BCUT2D eigenvalue weighted by Gasteiger charge is -2.21. The minimum absolute atomic E-state index is 0.00375. The summed E-state index contributed by atoms with van der Waals surface area (Å²) >= 11 is 1.07. The van der Waals surface area contributed by atoms with E-state index in [4.69, 9.17) is 9.47 Å². The van der Waals surface area contributed by atoms with E-state index in [2.05, 4.69) is 31.9 Å². The van der Waals surface area contributed by atoms with Gasteiger partial charge in [0.2, 0.25) is 6.29 Å². The summed E-state index contributed by atoms with van der Waals surface area (Å²) in [4.78, 5) is 11.9. The molecule has 0 radical (unpaired) electrons. The van der Waals surface area contributed by atoms with Crippen molar-refractivity contribution in [3.05, 3.63) is 52.3 Å². The highest BCUT2D eigenvalue weighted by Crippen LogP contribution is 2.32. The van der Waals surface area contributed by atoms with Crippen LogP contribution in [0, 0.1) is 25.2 Å². The third-order valence-electron chi connectivity index (χ3n) is 4.92. The topological polar surface area (TPSA) is 77.1 Å². The number of hydrogen-bond acceptors (Lipinski definition) is 6. The number of nitriles is 1. The fraction of sp³-hybridized carbons (Fsp3) is 0.458. The van der Waals surface area contributed by atoms with Gasteiger partial charge in [-0.05, 0) is 42.2 Å². The van der Waals surface area contributed by atoms with E-state index < -0.39 is 11.6 Å². The molecule has 0 N–H and O–H groups in total. The van der Waals surface area contributed by atoms with E-state index in [-0.39, 0.29) is 5.41 Å². The average molecular weight is 442 g/mol. The fourth-order valence-electron chi connectivity index (χ4n) is 3.18. The summed E-state index contributed by atoms with van der Waals surface area (Å²) < 4.78 is 13.1. The van der Waals surface area contributed by atoms with Gasteiger partial charge >= 0.3 is 5.30 Å². The highest BCUT2D eigenvalue weighted by molar-refractivity contribution is 8.13. The maximum Gasteiger partial charge on any atom is 0.370 e. The molecule has 0 saturated carbocycles. The van der Waals surface area contributed by atoms with Crippen molar-refractivity contribution < 1.29 is 14.3 Å². The summed E-state index contributed by atoms with van der Waals surface area (Å²) in [6.07, 6.45) is -0.867. The predicted molar refractivity (Wildman–Crippen MR) is 125 cm³/mol. The monoisotopic (exact) mass is 441 g/mol. The zero-order valence-corrected chi connectivity index (χ0v) is 20.4. The number of benzene rings is 1. The Bertz CT molecular complexity index is 1010. The molecule has 166 valence electrons. The Labute approximate surface area is 189 Å². The van der Waals surface area contributed by atoms with Gasteiger partial charge in [-0.25, -0.2) is 4.79 Å². The second kappa shape index (κ2) is 10.1. The minimum Gasteiger partial charge on any atom is -0.451 e. The van der Waals surface area contributed by atoms with Gasteiger partial charge in [0.25, 0.3) is 0 Å². The minimum atomic E-state index is -0.867. The molecule has 2 rings (SSSR count). The number of thioether (sulfide) groups is 1. The smallest absolute Gasteiger partial charge is 0.370 e. The van der Waals surface area contributed by atoms with Crippen LogP contribution in [0.5, 0.6) is 0 Å². The molecule has 1 heterocycles. The lowest BCUT2D eigenvalue weighted by molar-refractivity contribution is -0.0254. The number of carbonyl (C=O) groups is 1. The van der Waals surface area contributed by atoms with Crippen molar-refractivity contribution in [1.29, 1.82) is 5.26 Å². The van der Waals surface area contributed by atoms with E-state index in [0.29, 0.717) is 22.8 Å². The molecule has 1 aromatic carbocycles. The van der Waals surface area contributed by atoms with Gasteiger partial charge in [-0.15, -0.1) is 0 Å². The zero-order chi connectivity index (χ0) is 23.3. The Morgan fingerprint density at radius 1 is 1.23 bits per heavy atom. The van der Waals surface area contributed by atoms with Crippen molar-refractivity contribution in [1.82, 2.24) is 9.78 Å². The van der Waals surface area contributed by atoms with E-state index in [1.807, 2.05) is 45.0 Å². The van der Waals surface area contributed by atoms with Gasteiger partial charge in [0.05, 0.1) is 5.69 Å². The first-order chi connectivity index (χ1) is 14.5. The number of ether oxygens (including phenoxy) is 2. The Morgan fingerprint density at radius 3 is 2.29 bits per heavy atom. The molecule has 0 saturated heterocycles. The molecule has 0 bridgehead atoms. The molecule has 0 fully saturated rings. The number of hydrogen-bond donors (Lipinski definition) is 0. The number of nitrogens with zero attached hydrogens (tertiary/aromatic N) is 3. The number of allylic oxidation sites excluding steroid dienone is 1. The average Bonchev–Trinajstić information content (AvgIpc) is 2.93. The summed E-state index contributed by atoms with van der Waals surface area (Å²) in [6.45, 7) is 13.8. The van der Waals surface area contributed by atoms with Crippen molar-refractivity contribution in [2.45, 2.75) is 60.2 Å². The second-order valence-electron chi connectivity index (χ2n) is 8.31. The van der Waals surface area contributed by atoms with Crippen LogP contribution in [0.15, 0.2) is 24.3 Å². The Kier molecular flexibility index (Phi) is 7.96. The van der Waals surface area contributed by atoms with Crippen LogP contribution in [0.1, 0.15) is 62.7 Å². The lowest BCUT2D eigenvalue weighted by atomic mass is 9.86. The normalized spacial score (nSPS) is 13.3. The van der Waals surface area contributed by atoms with Crippen LogP contribution in [0.3, 0.4) is 0 Å². The van der Waals surface area contributed by atoms with Gasteiger partial charge in [0, 0.05) is 25.3 Å². The van der Waals surface area contributed by atoms with E-state index in [1.54, 1.807) is 18.7 Å². The van der Waals surface area contributed by atoms with Crippen molar-refractivity contribution >= 4 is 28.4 Å². The second-order valence-corrected chi connectivity index (χ2v) is 9.51. The van der Waals surface area contributed by atoms with Gasteiger partial charge in [0.1, 0.15) is 17.3 Å². The summed E-state index contributed by atoms with van der Waals surface area (Å²) in [5.74, 6) is 0.950. The molecule has 31 heavy (non-hydrogen) atoms. The van der Waals surface area contributed by atoms with Crippen molar-refractivity contribution in [3.8, 4) is 6.07 Å². The molecule has 2 aromatic rings. The van der Waals surface area contributed by atoms with Gasteiger partial charge in [-0.1, -0.05) is 52.0 Å². The van der Waals surface area contributed by atoms with E-state index in [0.717, 1.165) is 28.6 Å². The Hall–Kier alpha value is -2.72. The SMILES string of the molecule is CCSC(=O)OC(C)O/C(=C(/C#N)c1ccc(C(C)(C)C)cc1)c1c(C)c(C)nn1C. The van der Waals surface area contributed by atoms with Crippen LogP contribution in [0.4, 0.5) is 4.79 Å². The number of aromatic nitrogens is 2. The third kappa shape index (κ3) is 5.92. The van der Waals surface area contributed by atoms with Crippen LogP contribution in [0.2, 0.25) is 0 Å². The zero-order valence-electron chi connectivity index (χ0n) is 19.6. The molecule has 1 unspecified atom stereocenters. The van der Waals surface area contributed by atoms with E-state index in [1.165, 1.54) is 5.56 Å². The van der Waals surface area contributed by atoms with Crippen molar-refractivity contribution in [3.63, 3.8) is 0 Å². The third-order valence-corrected chi connectivity index (χ3v) is 5.54. The van der Waals surface area contributed by atoms with E-state index in [9.17, 15) is 10.1 Å². The maximum atomic E-state index is 11.9. The molecule has 1 aromatic heterocycles. The van der Waals surface area contributed by atoms with Gasteiger partial charge in [-0.3, -0.25) is 4.68 Å². The van der Waals surface area contributed by atoms with Crippen molar-refractivity contribution in [2.24, 2.45) is 7.05 Å². The van der Waals surface area contributed by atoms with Gasteiger partial charge < -0.3 is 9.47 Å². The van der Waals surface area contributed by atoms with Crippen LogP contribution >= 0.6 is 11.8 Å². The molecule has 6 nitrogen and oxygen atoms in total. The molecule has 7 heteroatoms. The van der Waals surface area contributed by atoms with E-state index >= 15 is 0 Å². The molecular formula is C24H31N3O3S. The molecule has 0 aliphatic rings. The number of aryl methyl sites for hydroxylation is 2. The number of rotatable bonds is 6. The number of carbonyl (C=O) groups excluding carboxylic acids is 1. The standard InChI is InChI=1S/C24H31N3O3S/c1-9-31-23(28)30-17(4)29-22(21-15(2)16(3)26-27(21)8)20(14-25)18-10-12-19(13-11-18)24(5,6)7/h10-13,17H,9H2,1-8H3/b22-20-. The quantitative estimate of drug-likeness (QED) is 0.238. The van der Waals surface area contributed by atoms with Crippen LogP contribution < -0.4 is 0 Å². The fourth-order valence-corrected chi connectivity index (χ4v) is 3.61. The summed E-state index contributed by atoms with van der Waals surface area (Å²) in [5.41, 5.74) is 4.68. The first-order valence-corrected chi connectivity index (χ1v) is 11.2. The summed E-state index contributed by atoms with van der Waals surface area (Å²) in [5, 5.41) is 14.1. The molecule has 0 aliphatic heterocycles. The predicted octanol–water partition coefficient (Wildman–Crippen LogP) is 5.98. The van der Waals surface area contributed by atoms with Crippen LogP contribution in [-0.4, -0.2) is 27.1 Å². The first-order valence-electron chi connectivity index (χ1n) is 10.3. The Morgan fingerprint density at radius 2 is 1.84 bits per heavy atom. The Balaban J connectivity index is 2.59. The van der Waals surface area contributed by atoms with Gasteiger partial charge in [-0.2, -0.15) is 10.4 Å². The van der Waals surface area contributed by atoms with Crippen LogP contribution in [-0.2, 0) is 21.9 Å². The molecule has 0 aliphatic carbocycles. The summed E-state index contributed by atoms with van der Waals surface area (Å²) in [7, 11) is 1.81. The first kappa shape index (κ1) is 24.5. The maximum absolute atomic E-state index is 11.9. The highest BCUT2D eigenvalue weighted by atomic mass is 32.2.